The summed E-state index contributed by atoms with van der Waals surface area (Å²) >= 11 is 0. The molecule has 26 heavy (non-hydrogen) atoms. The first-order valence-electron chi connectivity index (χ1n) is 9.28. The molecular formula is C22H27F3O. The smallest absolute Gasteiger partial charge is 0.406 e. The summed E-state index contributed by atoms with van der Waals surface area (Å²) in [6.45, 7) is 5.13. The van der Waals surface area contributed by atoms with Crippen LogP contribution in [0.5, 0.6) is 0 Å². The number of rotatable bonds is 5. The quantitative estimate of drug-likeness (QED) is 0.388. The molecule has 0 amide bonds. The van der Waals surface area contributed by atoms with E-state index >= 15 is 0 Å². The average molecular weight is 364 g/mol. The number of hydrogen-bond acceptors (Lipinski definition) is 1. The van der Waals surface area contributed by atoms with E-state index in [-0.39, 0.29) is 0 Å². The zero-order valence-corrected chi connectivity index (χ0v) is 15.3. The van der Waals surface area contributed by atoms with Gasteiger partial charge in [-0.1, -0.05) is 75.1 Å². The summed E-state index contributed by atoms with van der Waals surface area (Å²) in [5, 5.41) is 0. The van der Waals surface area contributed by atoms with Crippen LogP contribution in [0.2, 0.25) is 0 Å². The molecule has 0 radical (unpaired) electrons. The van der Waals surface area contributed by atoms with Crippen LogP contribution in [0.4, 0.5) is 13.2 Å². The van der Waals surface area contributed by atoms with Gasteiger partial charge in [0, 0.05) is 0 Å². The van der Waals surface area contributed by atoms with E-state index < -0.39 is 12.1 Å². The summed E-state index contributed by atoms with van der Waals surface area (Å²) in [6, 6.07) is 8.39. The van der Waals surface area contributed by atoms with Crippen LogP contribution >= 0.6 is 0 Å². The van der Waals surface area contributed by atoms with Gasteiger partial charge in [-0.25, -0.2) is 0 Å². The van der Waals surface area contributed by atoms with Crippen molar-refractivity contribution in [2.75, 3.05) is 0 Å². The highest BCUT2D eigenvalue weighted by atomic mass is 19.4. The van der Waals surface area contributed by atoms with Gasteiger partial charge in [0.15, 0.2) is 0 Å². The lowest BCUT2D eigenvalue weighted by molar-refractivity contribution is -0.303. The zero-order chi connectivity index (χ0) is 19.0. The molecule has 0 bridgehead atoms. The first kappa shape index (κ1) is 20.3. The minimum absolute atomic E-state index is 0.428. The maximum atomic E-state index is 12.2. The Balaban J connectivity index is 2.04. The van der Waals surface area contributed by atoms with Gasteiger partial charge in [0.25, 0.3) is 0 Å². The van der Waals surface area contributed by atoms with E-state index in [9.17, 15) is 13.2 Å². The third-order valence-corrected chi connectivity index (χ3v) is 4.83. The zero-order valence-electron chi connectivity index (χ0n) is 15.3. The Hall–Kier alpha value is -1.97. The van der Waals surface area contributed by atoms with Crippen LogP contribution < -0.4 is 0 Å². The number of alkyl halides is 3. The second kappa shape index (κ2) is 9.65. The van der Waals surface area contributed by atoms with E-state index in [0.717, 1.165) is 11.1 Å². The summed E-state index contributed by atoms with van der Waals surface area (Å²) in [5.74, 6) is 0.192. The molecule has 142 valence electrons. The fourth-order valence-corrected chi connectivity index (χ4v) is 3.46. The highest BCUT2D eigenvalue weighted by Crippen LogP contribution is 2.31. The molecule has 0 N–H and O–H groups in total. The SMILES string of the molecule is C=C(/C=C\C(=C/C)c1ccc(C2CCCCCCC2)cc1)OC(F)(F)F. The number of ether oxygens (including phenoxy) is 1. The molecule has 0 aliphatic heterocycles. The molecule has 0 spiro atoms. The van der Waals surface area contributed by atoms with Crippen LogP contribution in [0.25, 0.3) is 5.57 Å². The van der Waals surface area contributed by atoms with Crippen molar-refractivity contribution in [2.24, 2.45) is 0 Å². The average Bonchev–Trinajstić information content (AvgIpc) is 2.54. The largest absolute Gasteiger partial charge is 0.573 e. The molecule has 1 aliphatic carbocycles. The molecule has 1 aromatic carbocycles. The van der Waals surface area contributed by atoms with Crippen LogP contribution in [0, 0.1) is 0 Å². The molecule has 0 saturated heterocycles. The van der Waals surface area contributed by atoms with Gasteiger partial charge in [-0.3, -0.25) is 0 Å². The molecule has 1 saturated carbocycles. The number of hydrogen-bond donors (Lipinski definition) is 0. The third-order valence-electron chi connectivity index (χ3n) is 4.83. The first-order valence-corrected chi connectivity index (χ1v) is 9.28. The van der Waals surface area contributed by atoms with Gasteiger partial charge in [-0.05, 0) is 48.5 Å². The number of benzene rings is 1. The van der Waals surface area contributed by atoms with Gasteiger partial charge >= 0.3 is 6.36 Å². The summed E-state index contributed by atoms with van der Waals surface area (Å²) < 4.78 is 40.3. The predicted molar refractivity (Wildman–Crippen MR) is 101 cm³/mol. The van der Waals surface area contributed by atoms with Gasteiger partial charge in [-0.15, -0.1) is 13.2 Å². The monoisotopic (exact) mass is 364 g/mol. The van der Waals surface area contributed by atoms with Gasteiger partial charge in [0.2, 0.25) is 0 Å². The fourth-order valence-electron chi connectivity index (χ4n) is 3.46. The lowest BCUT2D eigenvalue weighted by atomic mass is 9.85. The van der Waals surface area contributed by atoms with Crippen LogP contribution in [-0.4, -0.2) is 6.36 Å². The van der Waals surface area contributed by atoms with Gasteiger partial charge in [0.05, 0.1) is 0 Å². The van der Waals surface area contributed by atoms with E-state index in [1.54, 1.807) is 6.08 Å². The van der Waals surface area contributed by atoms with Crippen LogP contribution in [0.15, 0.2) is 54.8 Å². The highest BCUT2D eigenvalue weighted by Gasteiger charge is 2.30. The Morgan fingerprint density at radius 1 is 1.00 bits per heavy atom. The van der Waals surface area contributed by atoms with Crippen LogP contribution in [0.1, 0.15) is 68.9 Å². The summed E-state index contributed by atoms with van der Waals surface area (Å²) in [5.41, 5.74) is 3.17. The molecule has 1 fully saturated rings. The number of halogens is 3. The van der Waals surface area contributed by atoms with Crippen molar-refractivity contribution >= 4 is 5.57 Å². The summed E-state index contributed by atoms with van der Waals surface area (Å²) in [6.07, 6.45) is 9.05. The van der Waals surface area contributed by atoms with Crippen molar-refractivity contribution in [3.05, 3.63) is 66.0 Å². The molecule has 1 aromatic rings. The van der Waals surface area contributed by atoms with Crippen LogP contribution in [0.3, 0.4) is 0 Å². The Bertz CT molecular complexity index is 630. The Kier molecular flexibility index (Phi) is 7.55. The minimum atomic E-state index is -4.71. The van der Waals surface area contributed by atoms with Crippen molar-refractivity contribution in [1.82, 2.24) is 0 Å². The molecule has 1 aliphatic rings. The molecule has 2 rings (SSSR count). The lowest BCUT2D eigenvalue weighted by Gasteiger charge is -2.20. The van der Waals surface area contributed by atoms with Gasteiger partial charge in [0.1, 0.15) is 5.76 Å². The van der Waals surface area contributed by atoms with E-state index in [0.29, 0.717) is 5.92 Å². The first-order chi connectivity index (χ1) is 12.4. The molecule has 0 aromatic heterocycles. The van der Waals surface area contributed by atoms with E-state index in [1.165, 1.54) is 56.6 Å². The van der Waals surface area contributed by atoms with Crippen molar-refractivity contribution in [3.8, 4) is 0 Å². The predicted octanol–water partition coefficient (Wildman–Crippen LogP) is 7.52. The molecule has 4 heteroatoms. The second-order valence-corrected chi connectivity index (χ2v) is 6.76. The third kappa shape index (κ3) is 6.74. The lowest BCUT2D eigenvalue weighted by Crippen LogP contribution is -2.11. The summed E-state index contributed by atoms with van der Waals surface area (Å²) in [7, 11) is 0. The Morgan fingerprint density at radius 3 is 2.12 bits per heavy atom. The normalized spacial score (nSPS) is 17.8. The molecule has 0 unspecified atom stereocenters. The van der Waals surface area contributed by atoms with E-state index in [1.807, 2.05) is 25.1 Å². The fraction of sp³-hybridized carbons (Fsp3) is 0.455. The van der Waals surface area contributed by atoms with Crippen LogP contribution in [-0.2, 0) is 4.74 Å². The maximum absolute atomic E-state index is 12.2. The van der Waals surface area contributed by atoms with Gasteiger partial charge in [-0.2, -0.15) is 0 Å². The maximum Gasteiger partial charge on any atom is 0.573 e. The Labute approximate surface area is 154 Å². The molecular weight excluding hydrogens is 337 g/mol. The van der Waals surface area contributed by atoms with E-state index in [4.69, 9.17) is 0 Å². The Morgan fingerprint density at radius 2 is 1.58 bits per heavy atom. The minimum Gasteiger partial charge on any atom is -0.406 e. The van der Waals surface area contributed by atoms with Crippen molar-refractivity contribution < 1.29 is 17.9 Å². The molecule has 1 nitrogen and oxygen atoms in total. The van der Waals surface area contributed by atoms with Crippen molar-refractivity contribution in [1.29, 1.82) is 0 Å². The summed E-state index contributed by atoms with van der Waals surface area (Å²) in [4.78, 5) is 0. The van der Waals surface area contributed by atoms with Gasteiger partial charge < -0.3 is 4.74 Å². The van der Waals surface area contributed by atoms with E-state index in [2.05, 4.69) is 23.4 Å². The highest BCUT2D eigenvalue weighted by molar-refractivity contribution is 5.74. The standard InChI is InChI=1S/C22H27F3O/c1-3-18(12-11-17(2)26-22(23,24)25)20-13-15-21(16-14-20)19-9-7-5-4-6-8-10-19/h3,11-16,19H,2,4-10H2,1H3/b12-11-,18-3+. The molecule has 0 atom stereocenters. The second-order valence-electron chi connectivity index (χ2n) is 6.76. The van der Waals surface area contributed by atoms with Crippen molar-refractivity contribution in [2.45, 2.75) is 64.1 Å². The number of allylic oxidation sites excluding steroid dienone is 4. The molecule has 0 heterocycles. The van der Waals surface area contributed by atoms with Crippen molar-refractivity contribution in [3.63, 3.8) is 0 Å². The topological polar surface area (TPSA) is 9.23 Å².